The first-order chi connectivity index (χ1) is 13.6. The van der Waals surface area contributed by atoms with Gasteiger partial charge in [-0.3, -0.25) is 14.3 Å². The molecule has 150 valence electrons. The van der Waals surface area contributed by atoms with Crippen LogP contribution in [-0.2, 0) is 22.6 Å². The van der Waals surface area contributed by atoms with Gasteiger partial charge in [0.25, 0.3) is 0 Å². The molecule has 1 aliphatic rings. The number of hydrogen-bond donors (Lipinski definition) is 0. The number of likely N-dealkylation sites (tertiary alicyclic amines) is 1. The van der Waals surface area contributed by atoms with Crippen LogP contribution in [-0.4, -0.2) is 57.6 Å². The second-order valence-electron chi connectivity index (χ2n) is 7.14. The average molecular weight is 386 g/mol. The van der Waals surface area contributed by atoms with Crippen molar-refractivity contribution >= 4 is 11.8 Å². The first-order valence-electron chi connectivity index (χ1n) is 9.85. The summed E-state index contributed by atoms with van der Waals surface area (Å²) in [5.74, 6) is -0.285. The molecule has 0 bridgehead atoms. The van der Waals surface area contributed by atoms with Crippen molar-refractivity contribution in [2.24, 2.45) is 5.92 Å². The zero-order valence-corrected chi connectivity index (χ0v) is 16.3. The number of amides is 2. The molecule has 0 unspecified atom stereocenters. The SMILES string of the molecule is CCN(CCn1cccn1)C(=O)[C@H]1CCC(=O)N(CCc2cccc(F)c2)C1. The van der Waals surface area contributed by atoms with E-state index in [1.54, 1.807) is 17.2 Å². The third-order valence-corrected chi connectivity index (χ3v) is 5.26. The molecule has 6 nitrogen and oxygen atoms in total. The largest absolute Gasteiger partial charge is 0.342 e. The molecule has 0 spiro atoms. The molecule has 2 amide bonds. The van der Waals surface area contributed by atoms with Gasteiger partial charge in [-0.05, 0) is 43.5 Å². The van der Waals surface area contributed by atoms with E-state index in [0.29, 0.717) is 52.0 Å². The standard InChI is InChI=1S/C21H27FN4O2/c1-2-24(13-14-26-11-4-10-23-26)21(28)18-7-8-20(27)25(16-18)12-9-17-5-3-6-19(22)15-17/h3-6,10-11,15,18H,2,7-9,12-14,16H2,1H3/t18-/m0/s1. The molecule has 0 saturated carbocycles. The summed E-state index contributed by atoms with van der Waals surface area (Å²) in [6.45, 7) is 4.80. The lowest BCUT2D eigenvalue weighted by molar-refractivity contribution is -0.143. The van der Waals surface area contributed by atoms with Gasteiger partial charge in [0, 0.05) is 45.0 Å². The molecule has 1 aromatic carbocycles. The Labute approximate surface area is 164 Å². The Morgan fingerprint density at radius 1 is 1.32 bits per heavy atom. The van der Waals surface area contributed by atoms with Gasteiger partial charge in [0.05, 0.1) is 12.5 Å². The summed E-state index contributed by atoms with van der Waals surface area (Å²) in [5.41, 5.74) is 0.857. The van der Waals surface area contributed by atoms with Gasteiger partial charge in [-0.15, -0.1) is 0 Å². The lowest BCUT2D eigenvalue weighted by atomic mass is 9.95. The summed E-state index contributed by atoms with van der Waals surface area (Å²) in [6, 6.07) is 8.29. The maximum absolute atomic E-state index is 13.3. The highest BCUT2D eigenvalue weighted by atomic mass is 19.1. The van der Waals surface area contributed by atoms with Crippen LogP contribution < -0.4 is 0 Å². The Morgan fingerprint density at radius 2 is 2.18 bits per heavy atom. The van der Waals surface area contributed by atoms with E-state index in [9.17, 15) is 14.0 Å². The first kappa shape index (κ1) is 20.0. The van der Waals surface area contributed by atoms with Crippen LogP contribution in [0.4, 0.5) is 4.39 Å². The summed E-state index contributed by atoms with van der Waals surface area (Å²) in [4.78, 5) is 28.8. The minimum atomic E-state index is -0.272. The number of nitrogens with zero attached hydrogens (tertiary/aromatic N) is 4. The van der Waals surface area contributed by atoms with Crippen LogP contribution in [0.15, 0.2) is 42.7 Å². The monoisotopic (exact) mass is 386 g/mol. The van der Waals surface area contributed by atoms with E-state index in [4.69, 9.17) is 0 Å². The number of halogens is 1. The molecule has 28 heavy (non-hydrogen) atoms. The Hall–Kier alpha value is -2.70. The molecule has 0 radical (unpaired) electrons. The van der Waals surface area contributed by atoms with E-state index in [-0.39, 0.29) is 23.5 Å². The number of carbonyl (C=O) groups excluding carboxylic acids is 2. The first-order valence-corrected chi connectivity index (χ1v) is 9.85. The van der Waals surface area contributed by atoms with Gasteiger partial charge in [0.15, 0.2) is 0 Å². The summed E-state index contributed by atoms with van der Waals surface area (Å²) in [7, 11) is 0. The van der Waals surface area contributed by atoms with Crippen molar-refractivity contribution in [2.75, 3.05) is 26.2 Å². The molecule has 2 heterocycles. The van der Waals surface area contributed by atoms with Crippen LogP contribution in [0.25, 0.3) is 0 Å². The fourth-order valence-electron chi connectivity index (χ4n) is 3.63. The van der Waals surface area contributed by atoms with Crippen LogP contribution in [0.2, 0.25) is 0 Å². The lowest BCUT2D eigenvalue weighted by Crippen LogP contribution is -2.48. The molecule has 0 N–H and O–H groups in total. The summed E-state index contributed by atoms with van der Waals surface area (Å²) in [6.07, 6.45) is 5.16. The molecule has 1 aromatic heterocycles. The number of aromatic nitrogens is 2. The molecule has 7 heteroatoms. The predicted octanol–water partition coefficient (Wildman–Crippen LogP) is 2.35. The van der Waals surface area contributed by atoms with Crippen LogP contribution >= 0.6 is 0 Å². The number of carbonyl (C=O) groups is 2. The van der Waals surface area contributed by atoms with Crippen molar-refractivity contribution in [2.45, 2.75) is 32.7 Å². The molecule has 1 aliphatic heterocycles. The maximum atomic E-state index is 13.3. The normalized spacial score (nSPS) is 17.0. The van der Waals surface area contributed by atoms with Crippen molar-refractivity contribution in [3.8, 4) is 0 Å². The molecular formula is C21H27FN4O2. The van der Waals surface area contributed by atoms with Gasteiger partial charge in [0.1, 0.15) is 5.82 Å². The van der Waals surface area contributed by atoms with E-state index in [1.165, 1.54) is 12.1 Å². The third kappa shape index (κ3) is 5.18. The Kier molecular flexibility index (Phi) is 6.79. The molecule has 2 aromatic rings. The van der Waals surface area contributed by atoms with Gasteiger partial charge < -0.3 is 9.80 Å². The Morgan fingerprint density at radius 3 is 2.89 bits per heavy atom. The van der Waals surface area contributed by atoms with Crippen molar-refractivity contribution < 1.29 is 14.0 Å². The van der Waals surface area contributed by atoms with Crippen LogP contribution in [0.5, 0.6) is 0 Å². The molecule has 0 aliphatic carbocycles. The molecule has 1 fully saturated rings. The zero-order valence-electron chi connectivity index (χ0n) is 16.3. The van der Waals surface area contributed by atoms with E-state index in [2.05, 4.69) is 5.10 Å². The number of benzene rings is 1. The van der Waals surface area contributed by atoms with Gasteiger partial charge in [-0.2, -0.15) is 5.10 Å². The summed E-state index contributed by atoms with van der Waals surface area (Å²) >= 11 is 0. The number of likely N-dealkylation sites (N-methyl/N-ethyl adjacent to an activating group) is 1. The van der Waals surface area contributed by atoms with Gasteiger partial charge in [-0.25, -0.2) is 4.39 Å². The number of piperidine rings is 1. The van der Waals surface area contributed by atoms with E-state index in [0.717, 1.165) is 5.56 Å². The fourth-order valence-corrected chi connectivity index (χ4v) is 3.63. The quantitative estimate of drug-likeness (QED) is 0.700. The molecule has 1 saturated heterocycles. The topological polar surface area (TPSA) is 58.4 Å². The molecule has 3 rings (SSSR count). The highest BCUT2D eigenvalue weighted by molar-refractivity contribution is 5.83. The van der Waals surface area contributed by atoms with Crippen LogP contribution in [0, 0.1) is 11.7 Å². The second-order valence-corrected chi connectivity index (χ2v) is 7.14. The van der Waals surface area contributed by atoms with Gasteiger partial charge in [0.2, 0.25) is 11.8 Å². The van der Waals surface area contributed by atoms with Crippen molar-refractivity contribution in [1.82, 2.24) is 19.6 Å². The van der Waals surface area contributed by atoms with Crippen molar-refractivity contribution in [3.05, 3.63) is 54.1 Å². The average Bonchev–Trinajstić information content (AvgIpc) is 3.21. The smallest absolute Gasteiger partial charge is 0.227 e. The minimum Gasteiger partial charge on any atom is -0.342 e. The number of hydrogen-bond acceptors (Lipinski definition) is 3. The summed E-state index contributed by atoms with van der Waals surface area (Å²) < 4.78 is 15.2. The molecular weight excluding hydrogens is 359 g/mol. The third-order valence-electron chi connectivity index (χ3n) is 5.26. The molecule has 1 atom stereocenters. The van der Waals surface area contributed by atoms with E-state index >= 15 is 0 Å². The van der Waals surface area contributed by atoms with Gasteiger partial charge >= 0.3 is 0 Å². The zero-order chi connectivity index (χ0) is 19.9. The van der Waals surface area contributed by atoms with Crippen molar-refractivity contribution in [1.29, 1.82) is 0 Å². The fraction of sp³-hybridized carbons (Fsp3) is 0.476. The second kappa shape index (κ2) is 9.48. The summed E-state index contributed by atoms with van der Waals surface area (Å²) in [5, 5.41) is 4.17. The number of rotatable bonds is 8. The van der Waals surface area contributed by atoms with E-state index in [1.807, 2.05) is 34.8 Å². The highest BCUT2D eigenvalue weighted by Gasteiger charge is 2.32. The van der Waals surface area contributed by atoms with Crippen molar-refractivity contribution in [3.63, 3.8) is 0 Å². The van der Waals surface area contributed by atoms with E-state index < -0.39 is 0 Å². The highest BCUT2D eigenvalue weighted by Crippen LogP contribution is 2.20. The Balaban J connectivity index is 1.55. The predicted molar refractivity (Wildman–Crippen MR) is 104 cm³/mol. The lowest BCUT2D eigenvalue weighted by Gasteiger charge is -2.34. The Bertz CT molecular complexity index is 793. The van der Waals surface area contributed by atoms with Gasteiger partial charge in [-0.1, -0.05) is 12.1 Å². The van der Waals surface area contributed by atoms with Crippen LogP contribution in [0.3, 0.4) is 0 Å². The van der Waals surface area contributed by atoms with Crippen LogP contribution in [0.1, 0.15) is 25.3 Å². The maximum Gasteiger partial charge on any atom is 0.227 e. The minimum absolute atomic E-state index is 0.0695.